The average molecular weight is 339 g/mol. The molecule has 0 bridgehead atoms. The zero-order valence-electron chi connectivity index (χ0n) is 13.3. The number of aliphatic imine (C=N–C) groups is 1. The van der Waals surface area contributed by atoms with Crippen LogP contribution < -0.4 is 10.6 Å². The van der Waals surface area contributed by atoms with Crippen LogP contribution in [0.15, 0.2) is 23.2 Å². The van der Waals surface area contributed by atoms with Crippen molar-refractivity contribution >= 4 is 17.7 Å². The van der Waals surface area contributed by atoms with Crippen LogP contribution in [0.1, 0.15) is 37.7 Å². The summed E-state index contributed by atoms with van der Waals surface area (Å²) in [5.41, 5.74) is 0.201. The molecule has 6 heteroatoms. The van der Waals surface area contributed by atoms with Crippen LogP contribution in [0.25, 0.3) is 0 Å². The van der Waals surface area contributed by atoms with Crippen LogP contribution in [-0.4, -0.2) is 36.1 Å². The smallest absolute Gasteiger partial charge is 0.191 e. The lowest BCUT2D eigenvalue weighted by atomic mass is 10.1. The minimum atomic E-state index is -0.455. The highest BCUT2D eigenvalue weighted by atomic mass is 32.2. The number of nitrogens with one attached hydrogen (secondary N) is 2. The summed E-state index contributed by atoms with van der Waals surface area (Å²) in [5.74, 6) is 0.957. The van der Waals surface area contributed by atoms with Gasteiger partial charge in [0.2, 0.25) is 0 Å². The van der Waals surface area contributed by atoms with Gasteiger partial charge in [0.15, 0.2) is 5.96 Å². The first-order valence-electron chi connectivity index (χ1n) is 8.29. The predicted molar refractivity (Wildman–Crippen MR) is 92.1 cm³/mol. The Hall–Kier alpha value is -1.30. The van der Waals surface area contributed by atoms with Crippen molar-refractivity contribution in [1.29, 1.82) is 0 Å². The monoisotopic (exact) mass is 339 g/mol. The third-order valence-corrected chi connectivity index (χ3v) is 5.68. The molecule has 1 aromatic carbocycles. The number of thioether (sulfide) groups is 1. The molecule has 0 radical (unpaired) electrons. The van der Waals surface area contributed by atoms with E-state index in [0.29, 0.717) is 5.25 Å². The van der Waals surface area contributed by atoms with Gasteiger partial charge in [0.1, 0.15) is 11.6 Å². The van der Waals surface area contributed by atoms with Gasteiger partial charge in [0, 0.05) is 29.3 Å². The molecule has 0 spiro atoms. The number of hydrogen-bond donors (Lipinski definition) is 2. The zero-order chi connectivity index (χ0) is 16.2. The predicted octanol–water partition coefficient (Wildman–Crippen LogP) is 3.27. The molecule has 1 saturated carbocycles. The van der Waals surface area contributed by atoms with Gasteiger partial charge in [0.25, 0.3) is 0 Å². The highest BCUT2D eigenvalue weighted by Gasteiger charge is 2.42. The largest absolute Gasteiger partial charge is 0.357 e. The van der Waals surface area contributed by atoms with Crippen molar-refractivity contribution in [1.82, 2.24) is 10.6 Å². The standard InChI is InChI=1S/C17H23F2N3S/c1-2-20-17(21-10-11-5-4-8-23-11)22-15-9-12(15)16-13(18)6-3-7-14(16)19/h3,6-7,11-12,15H,2,4-5,8-10H2,1H3,(H2,20,21,22). The number of rotatable bonds is 5. The summed E-state index contributed by atoms with van der Waals surface area (Å²) in [6.07, 6.45) is 3.23. The lowest BCUT2D eigenvalue weighted by molar-refractivity contribution is 0.553. The molecule has 3 unspecified atom stereocenters. The number of guanidine groups is 1. The van der Waals surface area contributed by atoms with Crippen LogP contribution in [0.2, 0.25) is 0 Å². The topological polar surface area (TPSA) is 36.4 Å². The van der Waals surface area contributed by atoms with Crippen molar-refractivity contribution in [2.45, 2.75) is 43.4 Å². The van der Waals surface area contributed by atoms with E-state index in [1.165, 1.54) is 36.8 Å². The van der Waals surface area contributed by atoms with Crippen LogP contribution in [-0.2, 0) is 0 Å². The molecule has 3 rings (SSSR count). The molecule has 3 nitrogen and oxygen atoms in total. The molecule has 0 amide bonds. The van der Waals surface area contributed by atoms with Crippen molar-refractivity contribution in [3.8, 4) is 0 Å². The first-order valence-corrected chi connectivity index (χ1v) is 9.34. The molecule has 1 heterocycles. The van der Waals surface area contributed by atoms with E-state index in [2.05, 4.69) is 15.6 Å². The molecule has 1 aromatic rings. The quantitative estimate of drug-likeness (QED) is 0.638. The minimum Gasteiger partial charge on any atom is -0.357 e. The average Bonchev–Trinajstić information content (AvgIpc) is 3.06. The van der Waals surface area contributed by atoms with Crippen LogP contribution >= 0.6 is 11.8 Å². The summed E-state index contributed by atoms with van der Waals surface area (Å²) in [4.78, 5) is 4.63. The molecule has 2 aliphatic rings. The Morgan fingerprint density at radius 2 is 2.13 bits per heavy atom. The Morgan fingerprint density at radius 3 is 2.78 bits per heavy atom. The SMILES string of the molecule is CCNC(=NCC1CCCS1)NC1CC1c1c(F)cccc1F. The second-order valence-corrected chi connectivity index (χ2v) is 7.49. The van der Waals surface area contributed by atoms with E-state index in [1.807, 2.05) is 18.7 Å². The van der Waals surface area contributed by atoms with Crippen LogP contribution in [0.5, 0.6) is 0 Å². The first kappa shape index (κ1) is 16.6. The van der Waals surface area contributed by atoms with Crippen LogP contribution in [0.3, 0.4) is 0 Å². The Bertz CT molecular complexity index is 553. The highest BCUT2D eigenvalue weighted by Crippen LogP contribution is 2.43. The Labute approximate surface area is 140 Å². The lowest BCUT2D eigenvalue weighted by Gasteiger charge is -2.13. The molecule has 3 atom stereocenters. The van der Waals surface area contributed by atoms with Crippen LogP contribution in [0, 0.1) is 11.6 Å². The number of benzene rings is 1. The molecule has 23 heavy (non-hydrogen) atoms. The van der Waals surface area contributed by atoms with E-state index in [9.17, 15) is 8.78 Å². The molecule has 126 valence electrons. The van der Waals surface area contributed by atoms with Gasteiger partial charge in [-0.05, 0) is 44.1 Å². The Morgan fingerprint density at radius 1 is 1.35 bits per heavy atom. The molecule has 1 aliphatic carbocycles. The van der Waals surface area contributed by atoms with Crippen molar-refractivity contribution in [3.05, 3.63) is 35.4 Å². The third-order valence-electron chi connectivity index (χ3n) is 4.30. The second kappa shape index (κ2) is 7.51. The molecular weight excluding hydrogens is 316 g/mol. The highest BCUT2D eigenvalue weighted by molar-refractivity contribution is 8.00. The summed E-state index contributed by atoms with van der Waals surface area (Å²) in [7, 11) is 0. The zero-order valence-corrected chi connectivity index (χ0v) is 14.1. The van der Waals surface area contributed by atoms with E-state index in [0.717, 1.165) is 25.5 Å². The van der Waals surface area contributed by atoms with Crippen molar-refractivity contribution in [3.63, 3.8) is 0 Å². The van der Waals surface area contributed by atoms with E-state index in [4.69, 9.17) is 0 Å². The molecule has 2 fully saturated rings. The van der Waals surface area contributed by atoms with Gasteiger partial charge in [-0.2, -0.15) is 11.8 Å². The fraction of sp³-hybridized carbons (Fsp3) is 0.588. The van der Waals surface area contributed by atoms with Gasteiger partial charge in [-0.3, -0.25) is 4.99 Å². The van der Waals surface area contributed by atoms with Gasteiger partial charge >= 0.3 is 0 Å². The van der Waals surface area contributed by atoms with E-state index in [1.54, 1.807) is 0 Å². The fourth-order valence-corrected chi connectivity index (χ4v) is 4.20. The summed E-state index contributed by atoms with van der Waals surface area (Å²) < 4.78 is 27.7. The number of nitrogens with zero attached hydrogens (tertiary/aromatic N) is 1. The van der Waals surface area contributed by atoms with Crippen molar-refractivity contribution < 1.29 is 8.78 Å². The summed E-state index contributed by atoms with van der Waals surface area (Å²) in [5, 5.41) is 7.14. The van der Waals surface area contributed by atoms with Crippen LogP contribution in [0.4, 0.5) is 8.78 Å². The molecular formula is C17H23F2N3S. The van der Waals surface area contributed by atoms with Crippen molar-refractivity contribution in [2.24, 2.45) is 4.99 Å². The molecule has 1 aliphatic heterocycles. The molecule has 1 saturated heterocycles. The summed E-state index contributed by atoms with van der Waals surface area (Å²) in [6.45, 7) is 3.59. The Balaban J connectivity index is 1.60. The normalized spacial score (nSPS) is 27.1. The summed E-state index contributed by atoms with van der Waals surface area (Å²) in [6, 6.07) is 4.11. The van der Waals surface area contributed by atoms with Gasteiger partial charge in [-0.1, -0.05) is 6.07 Å². The minimum absolute atomic E-state index is 0.0513. The van der Waals surface area contributed by atoms with Gasteiger partial charge < -0.3 is 10.6 Å². The number of halogens is 2. The van der Waals surface area contributed by atoms with Crippen molar-refractivity contribution in [2.75, 3.05) is 18.8 Å². The molecule has 2 N–H and O–H groups in total. The van der Waals surface area contributed by atoms with Gasteiger partial charge in [-0.25, -0.2) is 8.78 Å². The summed E-state index contributed by atoms with van der Waals surface area (Å²) >= 11 is 1.98. The van der Waals surface area contributed by atoms with E-state index < -0.39 is 11.6 Å². The molecule has 0 aromatic heterocycles. The maximum Gasteiger partial charge on any atom is 0.191 e. The first-order chi connectivity index (χ1) is 11.2. The van der Waals surface area contributed by atoms with E-state index >= 15 is 0 Å². The van der Waals surface area contributed by atoms with E-state index in [-0.39, 0.29) is 17.5 Å². The van der Waals surface area contributed by atoms with Gasteiger partial charge in [-0.15, -0.1) is 0 Å². The lowest BCUT2D eigenvalue weighted by Crippen LogP contribution is -2.39. The third kappa shape index (κ3) is 4.16. The maximum atomic E-state index is 13.8. The second-order valence-electron chi connectivity index (χ2n) is 6.08. The van der Waals surface area contributed by atoms with Gasteiger partial charge in [0.05, 0.1) is 6.54 Å². The maximum absolute atomic E-state index is 13.8. The number of hydrogen-bond acceptors (Lipinski definition) is 2. The Kier molecular flexibility index (Phi) is 5.41. The fourth-order valence-electron chi connectivity index (χ4n) is 3.02.